The molecule has 0 fully saturated rings. The number of sulfone groups is 1. The SMILES string of the molecule is O=S(=O)(CCC(F)(F)F)CC(F)(F)C(F)(F)F. The number of halogens is 8. The van der Waals surface area contributed by atoms with Crippen molar-refractivity contribution >= 4 is 9.84 Å². The first kappa shape index (κ1) is 16.4. The van der Waals surface area contributed by atoms with Gasteiger partial charge in [0.2, 0.25) is 0 Å². The van der Waals surface area contributed by atoms with Gasteiger partial charge in [0, 0.05) is 0 Å². The highest BCUT2D eigenvalue weighted by atomic mass is 32.2. The minimum Gasteiger partial charge on any atom is -0.229 e. The molecule has 0 aromatic rings. The molecule has 0 saturated heterocycles. The molecule has 0 aromatic heterocycles. The van der Waals surface area contributed by atoms with E-state index in [0.29, 0.717) is 0 Å². The van der Waals surface area contributed by atoms with Gasteiger partial charge >= 0.3 is 18.3 Å². The van der Waals surface area contributed by atoms with Gasteiger partial charge in [-0.25, -0.2) is 8.42 Å². The Morgan fingerprint density at radius 1 is 0.824 bits per heavy atom. The van der Waals surface area contributed by atoms with Crippen LogP contribution >= 0.6 is 0 Å². The molecule has 0 amide bonds. The quantitative estimate of drug-likeness (QED) is 0.747. The number of hydrogen-bond donors (Lipinski definition) is 0. The third-order valence-electron chi connectivity index (χ3n) is 1.51. The van der Waals surface area contributed by atoms with Crippen molar-refractivity contribution in [2.75, 3.05) is 11.5 Å². The van der Waals surface area contributed by atoms with Crippen molar-refractivity contribution in [2.24, 2.45) is 0 Å². The summed E-state index contributed by atoms with van der Waals surface area (Å²) in [6.07, 6.45) is -13.0. The Bertz CT molecular complexity index is 351. The van der Waals surface area contributed by atoms with Gasteiger partial charge in [-0.15, -0.1) is 0 Å². The second-order valence-corrected chi connectivity index (χ2v) is 5.34. The first-order valence-corrected chi connectivity index (χ1v) is 5.70. The molecule has 0 aliphatic rings. The lowest BCUT2D eigenvalue weighted by atomic mass is 10.4. The average molecular weight is 294 g/mol. The van der Waals surface area contributed by atoms with Crippen molar-refractivity contribution in [3.63, 3.8) is 0 Å². The highest BCUT2D eigenvalue weighted by Crippen LogP contribution is 2.36. The first-order valence-electron chi connectivity index (χ1n) is 3.88. The molecule has 0 aliphatic heterocycles. The van der Waals surface area contributed by atoms with Crippen LogP contribution in [0, 0.1) is 0 Å². The van der Waals surface area contributed by atoms with E-state index in [9.17, 15) is 43.5 Å². The molecule has 0 aromatic carbocycles. The highest BCUT2D eigenvalue weighted by molar-refractivity contribution is 7.91. The van der Waals surface area contributed by atoms with E-state index in [4.69, 9.17) is 0 Å². The van der Waals surface area contributed by atoms with Gasteiger partial charge in [-0.1, -0.05) is 0 Å². The molecular weight excluding hydrogens is 288 g/mol. The zero-order valence-corrected chi connectivity index (χ0v) is 8.69. The number of hydrogen-bond acceptors (Lipinski definition) is 2. The maximum Gasteiger partial charge on any atom is 0.454 e. The minimum atomic E-state index is -6.11. The van der Waals surface area contributed by atoms with E-state index in [0.717, 1.165) is 0 Å². The van der Waals surface area contributed by atoms with Gasteiger partial charge in [0.15, 0.2) is 9.84 Å². The standard InChI is InChI=1S/C6H6F8O2S/c7-4(8,6(12,13)14)3-17(15,16)2-1-5(9,10)11/h1-3H2. The Morgan fingerprint density at radius 2 is 1.24 bits per heavy atom. The Balaban J connectivity index is 4.68. The van der Waals surface area contributed by atoms with Gasteiger partial charge in [0.05, 0.1) is 12.2 Å². The van der Waals surface area contributed by atoms with E-state index in [2.05, 4.69) is 0 Å². The van der Waals surface area contributed by atoms with Gasteiger partial charge < -0.3 is 0 Å². The van der Waals surface area contributed by atoms with Gasteiger partial charge in [-0.2, -0.15) is 35.1 Å². The average Bonchev–Trinajstić information content (AvgIpc) is 1.95. The molecule has 0 atom stereocenters. The second-order valence-electron chi connectivity index (χ2n) is 3.16. The minimum absolute atomic E-state index is 1.80. The molecule has 11 heteroatoms. The van der Waals surface area contributed by atoms with Crippen molar-refractivity contribution in [2.45, 2.75) is 24.7 Å². The van der Waals surface area contributed by atoms with Crippen LogP contribution in [0.25, 0.3) is 0 Å². The number of rotatable bonds is 4. The van der Waals surface area contributed by atoms with Gasteiger partial charge in [0.25, 0.3) is 0 Å². The molecule has 0 saturated carbocycles. The highest BCUT2D eigenvalue weighted by Gasteiger charge is 2.59. The van der Waals surface area contributed by atoms with E-state index in [1.165, 1.54) is 0 Å². The molecule has 0 spiro atoms. The van der Waals surface area contributed by atoms with E-state index >= 15 is 0 Å². The lowest BCUT2D eigenvalue weighted by molar-refractivity contribution is -0.271. The van der Waals surface area contributed by atoms with E-state index < -0.39 is 46.0 Å². The Morgan fingerprint density at radius 3 is 1.53 bits per heavy atom. The predicted octanol–water partition coefficient (Wildman–Crippen LogP) is 2.55. The normalized spacial score (nSPS) is 15.1. The molecule has 17 heavy (non-hydrogen) atoms. The van der Waals surface area contributed by atoms with Gasteiger partial charge in [0.1, 0.15) is 5.75 Å². The van der Waals surface area contributed by atoms with Crippen molar-refractivity contribution in [3.05, 3.63) is 0 Å². The topological polar surface area (TPSA) is 34.1 Å². The smallest absolute Gasteiger partial charge is 0.229 e. The van der Waals surface area contributed by atoms with Crippen molar-refractivity contribution in [1.29, 1.82) is 0 Å². The summed E-state index contributed by atoms with van der Waals surface area (Å²) in [5, 5.41) is 0. The second kappa shape index (κ2) is 4.58. The molecular formula is C6H6F8O2S. The van der Waals surface area contributed by atoms with Crippen LogP contribution in [0.15, 0.2) is 0 Å². The Labute approximate surface area is 90.5 Å². The Kier molecular flexibility index (Phi) is 4.41. The van der Waals surface area contributed by atoms with Crippen LogP contribution in [0.2, 0.25) is 0 Å². The summed E-state index contributed by atoms with van der Waals surface area (Å²) < 4.78 is 115. The molecule has 0 unspecified atom stereocenters. The fourth-order valence-electron chi connectivity index (χ4n) is 0.701. The van der Waals surface area contributed by atoms with Crippen LogP contribution in [0.3, 0.4) is 0 Å². The zero-order valence-electron chi connectivity index (χ0n) is 7.87. The zero-order chi connectivity index (χ0) is 14.1. The predicted molar refractivity (Wildman–Crippen MR) is 40.3 cm³/mol. The largest absolute Gasteiger partial charge is 0.454 e. The molecule has 0 bridgehead atoms. The number of alkyl halides is 8. The molecule has 0 rings (SSSR count). The van der Waals surface area contributed by atoms with Crippen LogP contribution in [0.1, 0.15) is 6.42 Å². The Hall–Kier alpha value is -0.610. The third-order valence-corrected chi connectivity index (χ3v) is 3.14. The van der Waals surface area contributed by atoms with Crippen LogP contribution in [0.4, 0.5) is 35.1 Å². The summed E-state index contributed by atoms with van der Waals surface area (Å²) in [5.74, 6) is -10.0. The van der Waals surface area contributed by atoms with Crippen LogP contribution in [-0.4, -0.2) is 38.2 Å². The van der Waals surface area contributed by atoms with E-state index in [1.54, 1.807) is 0 Å². The summed E-state index contributed by atoms with van der Waals surface area (Å²) in [6.45, 7) is 0. The summed E-state index contributed by atoms with van der Waals surface area (Å²) in [5.41, 5.74) is 0. The summed E-state index contributed by atoms with van der Waals surface area (Å²) in [6, 6.07) is 0. The van der Waals surface area contributed by atoms with Crippen molar-refractivity contribution in [3.8, 4) is 0 Å². The molecule has 104 valence electrons. The molecule has 0 aliphatic carbocycles. The van der Waals surface area contributed by atoms with Crippen molar-refractivity contribution in [1.82, 2.24) is 0 Å². The van der Waals surface area contributed by atoms with E-state index in [-0.39, 0.29) is 0 Å². The molecule has 0 radical (unpaired) electrons. The van der Waals surface area contributed by atoms with Crippen LogP contribution in [-0.2, 0) is 9.84 Å². The first-order chi connectivity index (χ1) is 7.16. The van der Waals surface area contributed by atoms with Gasteiger partial charge in [-0.3, -0.25) is 0 Å². The summed E-state index contributed by atoms with van der Waals surface area (Å²) in [7, 11) is -5.15. The molecule has 0 heterocycles. The maximum atomic E-state index is 12.3. The molecule has 2 nitrogen and oxygen atoms in total. The molecule has 0 N–H and O–H groups in total. The maximum absolute atomic E-state index is 12.3. The van der Waals surface area contributed by atoms with Crippen LogP contribution < -0.4 is 0 Å². The lowest BCUT2D eigenvalue weighted by Crippen LogP contribution is -2.43. The fraction of sp³-hybridized carbons (Fsp3) is 1.00. The van der Waals surface area contributed by atoms with Crippen LogP contribution in [0.5, 0.6) is 0 Å². The van der Waals surface area contributed by atoms with Gasteiger partial charge in [-0.05, 0) is 0 Å². The van der Waals surface area contributed by atoms with E-state index in [1.807, 2.05) is 0 Å². The fourth-order valence-corrected chi connectivity index (χ4v) is 2.10. The lowest BCUT2D eigenvalue weighted by Gasteiger charge is -2.19. The summed E-state index contributed by atoms with van der Waals surface area (Å²) in [4.78, 5) is 0. The monoisotopic (exact) mass is 294 g/mol. The van der Waals surface area contributed by atoms with Crippen molar-refractivity contribution < 1.29 is 43.5 Å². The third kappa shape index (κ3) is 6.03. The summed E-state index contributed by atoms with van der Waals surface area (Å²) >= 11 is 0.